The van der Waals surface area contributed by atoms with Gasteiger partial charge in [-0.2, -0.15) is 0 Å². The van der Waals surface area contributed by atoms with Gasteiger partial charge in [0.2, 0.25) is 0 Å². The molecule has 1 aliphatic carbocycles. The second-order valence-corrected chi connectivity index (χ2v) is 3.43. The summed E-state index contributed by atoms with van der Waals surface area (Å²) in [5.74, 6) is -0.121. The summed E-state index contributed by atoms with van der Waals surface area (Å²) in [4.78, 5) is 10.9. The molecule has 0 aliphatic heterocycles. The third kappa shape index (κ3) is 1.79. The number of carbonyl (C=O) groups excluding carboxylic acids is 1. The van der Waals surface area contributed by atoms with Crippen LogP contribution >= 0.6 is 0 Å². The van der Waals surface area contributed by atoms with Gasteiger partial charge in [-0.15, -0.1) is 0 Å². The van der Waals surface area contributed by atoms with Crippen LogP contribution in [0.1, 0.15) is 32.6 Å². The fourth-order valence-corrected chi connectivity index (χ4v) is 1.47. The molecule has 1 rings (SSSR count). The van der Waals surface area contributed by atoms with E-state index in [4.69, 9.17) is 5.73 Å². The third-order valence-corrected chi connectivity index (χ3v) is 2.51. The average molecular weight is 157 g/mol. The SMILES string of the molecule is CC(=O)C1(O)CCC(N)CC1. The summed E-state index contributed by atoms with van der Waals surface area (Å²) in [5.41, 5.74) is 4.57. The molecule has 0 atom stereocenters. The van der Waals surface area contributed by atoms with Gasteiger partial charge in [0, 0.05) is 6.04 Å². The minimum absolute atomic E-state index is 0.121. The topological polar surface area (TPSA) is 63.3 Å². The third-order valence-electron chi connectivity index (χ3n) is 2.51. The van der Waals surface area contributed by atoms with Crippen molar-refractivity contribution in [3.8, 4) is 0 Å². The first-order valence-electron chi connectivity index (χ1n) is 4.03. The average Bonchev–Trinajstić information content (AvgIpc) is 1.95. The van der Waals surface area contributed by atoms with Crippen LogP contribution in [0.5, 0.6) is 0 Å². The van der Waals surface area contributed by atoms with E-state index in [1.165, 1.54) is 6.92 Å². The van der Waals surface area contributed by atoms with Crippen molar-refractivity contribution in [1.82, 2.24) is 0 Å². The molecule has 3 N–H and O–H groups in total. The van der Waals surface area contributed by atoms with E-state index in [2.05, 4.69) is 0 Å². The highest BCUT2D eigenvalue weighted by molar-refractivity contribution is 5.84. The van der Waals surface area contributed by atoms with Crippen molar-refractivity contribution in [3.63, 3.8) is 0 Å². The van der Waals surface area contributed by atoms with Crippen LogP contribution in [-0.4, -0.2) is 22.5 Å². The lowest BCUT2D eigenvalue weighted by Gasteiger charge is -2.32. The molecule has 11 heavy (non-hydrogen) atoms. The largest absolute Gasteiger partial charge is 0.382 e. The van der Waals surface area contributed by atoms with Crippen LogP contribution in [0.15, 0.2) is 0 Å². The molecular weight excluding hydrogens is 142 g/mol. The summed E-state index contributed by atoms with van der Waals surface area (Å²) in [7, 11) is 0. The quantitative estimate of drug-likeness (QED) is 0.572. The van der Waals surface area contributed by atoms with Gasteiger partial charge in [0.05, 0.1) is 0 Å². The molecule has 0 radical (unpaired) electrons. The minimum Gasteiger partial charge on any atom is -0.382 e. The Morgan fingerprint density at radius 1 is 1.55 bits per heavy atom. The van der Waals surface area contributed by atoms with Crippen molar-refractivity contribution in [2.45, 2.75) is 44.2 Å². The molecular formula is C8H15NO2. The molecule has 0 amide bonds. The Morgan fingerprint density at radius 2 is 2.00 bits per heavy atom. The summed E-state index contributed by atoms with van der Waals surface area (Å²) in [6.45, 7) is 1.44. The summed E-state index contributed by atoms with van der Waals surface area (Å²) in [6, 6.07) is 0.176. The fraction of sp³-hybridized carbons (Fsp3) is 0.875. The first-order valence-corrected chi connectivity index (χ1v) is 4.03. The molecule has 0 saturated heterocycles. The van der Waals surface area contributed by atoms with Crippen LogP contribution in [-0.2, 0) is 4.79 Å². The predicted molar refractivity (Wildman–Crippen MR) is 42.1 cm³/mol. The maximum atomic E-state index is 10.9. The monoisotopic (exact) mass is 157 g/mol. The van der Waals surface area contributed by atoms with E-state index in [1.54, 1.807) is 0 Å². The maximum Gasteiger partial charge on any atom is 0.161 e. The van der Waals surface area contributed by atoms with E-state index in [9.17, 15) is 9.90 Å². The van der Waals surface area contributed by atoms with Gasteiger partial charge in [0.1, 0.15) is 5.60 Å². The second-order valence-electron chi connectivity index (χ2n) is 3.43. The number of nitrogens with two attached hydrogens (primary N) is 1. The molecule has 0 aromatic carbocycles. The second kappa shape index (κ2) is 2.91. The maximum absolute atomic E-state index is 10.9. The number of hydrogen-bond acceptors (Lipinski definition) is 3. The van der Waals surface area contributed by atoms with Gasteiger partial charge in [-0.3, -0.25) is 4.79 Å². The lowest BCUT2D eigenvalue weighted by atomic mass is 9.80. The molecule has 0 aromatic rings. The lowest BCUT2D eigenvalue weighted by molar-refractivity contribution is -0.138. The Labute approximate surface area is 66.6 Å². The molecule has 64 valence electrons. The van der Waals surface area contributed by atoms with Crippen LogP contribution in [0.3, 0.4) is 0 Å². The highest BCUT2D eigenvalue weighted by atomic mass is 16.3. The van der Waals surface area contributed by atoms with Gasteiger partial charge in [-0.1, -0.05) is 0 Å². The van der Waals surface area contributed by atoms with Crippen LogP contribution in [0.2, 0.25) is 0 Å². The van der Waals surface area contributed by atoms with Gasteiger partial charge in [0.15, 0.2) is 5.78 Å². The van der Waals surface area contributed by atoms with E-state index in [1.807, 2.05) is 0 Å². The molecule has 0 aromatic heterocycles. The number of Topliss-reactive ketones (excluding diaryl/α,β-unsaturated/α-hetero) is 1. The van der Waals surface area contributed by atoms with Gasteiger partial charge in [-0.05, 0) is 32.6 Å². The molecule has 1 saturated carbocycles. The van der Waals surface area contributed by atoms with Gasteiger partial charge in [0.25, 0.3) is 0 Å². The van der Waals surface area contributed by atoms with E-state index in [0.29, 0.717) is 12.8 Å². The zero-order valence-corrected chi connectivity index (χ0v) is 6.84. The number of carbonyl (C=O) groups is 1. The van der Waals surface area contributed by atoms with Gasteiger partial charge >= 0.3 is 0 Å². The first kappa shape index (κ1) is 8.68. The van der Waals surface area contributed by atoms with Crippen LogP contribution in [0.4, 0.5) is 0 Å². The van der Waals surface area contributed by atoms with E-state index >= 15 is 0 Å². The Hall–Kier alpha value is -0.410. The molecule has 0 heterocycles. The molecule has 1 fully saturated rings. The number of aliphatic hydroxyl groups is 1. The number of ketones is 1. The highest BCUT2D eigenvalue weighted by Gasteiger charge is 2.35. The molecule has 0 unspecified atom stereocenters. The zero-order chi connectivity index (χ0) is 8.48. The van der Waals surface area contributed by atoms with Crippen molar-refractivity contribution in [2.75, 3.05) is 0 Å². The van der Waals surface area contributed by atoms with Crippen molar-refractivity contribution < 1.29 is 9.90 Å². The van der Waals surface area contributed by atoms with Crippen molar-refractivity contribution in [1.29, 1.82) is 0 Å². The fourth-order valence-electron chi connectivity index (χ4n) is 1.47. The lowest BCUT2D eigenvalue weighted by Crippen LogP contribution is -2.43. The Balaban J connectivity index is 2.55. The molecule has 0 spiro atoms. The molecule has 0 bridgehead atoms. The van der Waals surface area contributed by atoms with Crippen molar-refractivity contribution >= 4 is 5.78 Å². The van der Waals surface area contributed by atoms with Crippen LogP contribution < -0.4 is 5.73 Å². The van der Waals surface area contributed by atoms with Crippen molar-refractivity contribution in [3.05, 3.63) is 0 Å². The first-order chi connectivity index (χ1) is 5.04. The standard InChI is InChI=1S/C8H15NO2/c1-6(10)8(11)4-2-7(9)3-5-8/h7,11H,2-5,9H2,1H3. The molecule has 1 aliphatic rings. The summed E-state index contributed by atoms with van der Waals surface area (Å²) < 4.78 is 0. The van der Waals surface area contributed by atoms with E-state index in [0.717, 1.165) is 12.8 Å². The highest BCUT2D eigenvalue weighted by Crippen LogP contribution is 2.27. The number of hydrogen-bond donors (Lipinski definition) is 2. The van der Waals surface area contributed by atoms with E-state index in [-0.39, 0.29) is 11.8 Å². The molecule has 3 nitrogen and oxygen atoms in total. The smallest absolute Gasteiger partial charge is 0.161 e. The van der Waals surface area contributed by atoms with Crippen LogP contribution in [0, 0.1) is 0 Å². The zero-order valence-electron chi connectivity index (χ0n) is 6.84. The van der Waals surface area contributed by atoms with Gasteiger partial charge < -0.3 is 10.8 Å². The summed E-state index contributed by atoms with van der Waals surface area (Å²) in [6.07, 6.45) is 2.58. The molecule has 3 heteroatoms. The predicted octanol–water partition coefficient (Wildman–Crippen LogP) is 0.208. The minimum atomic E-state index is -1.06. The summed E-state index contributed by atoms with van der Waals surface area (Å²) >= 11 is 0. The Kier molecular flexibility index (Phi) is 2.30. The number of rotatable bonds is 1. The Bertz CT molecular complexity index is 159. The summed E-state index contributed by atoms with van der Waals surface area (Å²) in [5, 5.41) is 9.66. The Morgan fingerprint density at radius 3 is 2.36 bits per heavy atom. The van der Waals surface area contributed by atoms with Crippen LogP contribution in [0.25, 0.3) is 0 Å². The van der Waals surface area contributed by atoms with Crippen molar-refractivity contribution in [2.24, 2.45) is 5.73 Å². The van der Waals surface area contributed by atoms with E-state index < -0.39 is 5.60 Å². The van der Waals surface area contributed by atoms with Gasteiger partial charge in [-0.25, -0.2) is 0 Å². The normalized spacial score (nSPS) is 38.6.